The van der Waals surface area contributed by atoms with Crippen LogP contribution in [0.25, 0.3) is 17.1 Å². The first kappa shape index (κ1) is 19.8. The molecule has 2 aromatic heterocycles. The number of amides is 1. The van der Waals surface area contributed by atoms with Crippen molar-refractivity contribution < 1.29 is 14.5 Å². The van der Waals surface area contributed by atoms with E-state index in [0.29, 0.717) is 17.3 Å². The van der Waals surface area contributed by atoms with Gasteiger partial charge in [-0.15, -0.1) is 0 Å². The third-order valence-electron chi connectivity index (χ3n) is 4.51. The molecule has 11 nitrogen and oxygen atoms in total. The van der Waals surface area contributed by atoms with Crippen LogP contribution in [0.15, 0.2) is 61.2 Å². The first-order valence-electron chi connectivity index (χ1n) is 9.16. The molecule has 0 saturated heterocycles. The molecule has 2 N–H and O–H groups in total. The smallest absolute Gasteiger partial charge is 0.294 e. The van der Waals surface area contributed by atoms with Gasteiger partial charge in [-0.05, 0) is 36.4 Å². The van der Waals surface area contributed by atoms with Crippen LogP contribution in [-0.2, 0) is 6.54 Å². The fourth-order valence-electron chi connectivity index (χ4n) is 2.94. The number of hydrogen-bond acceptors (Lipinski definition) is 7. The zero-order valence-electron chi connectivity index (χ0n) is 16.3. The fraction of sp³-hybridized carbons (Fsp3) is 0.100. The molecule has 0 aliphatic carbocycles. The van der Waals surface area contributed by atoms with E-state index in [-0.39, 0.29) is 17.8 Å². The van der Waals surface area contributed by atoms with Gasteiger partial charge in [0.15, 0.2) is 5.82 Å². The number of nitro benzene ring substituents is 1. The van der Waals surface area contributed by atoms with Crippen molar-refractivity contribution in [2.45, 2.75) is 6.54 Å². The average Bonchev–Trinajstić information content (AvgIpc) is 3.49. The molecule has 0 radical (unpaired) electrons. The van der Waals surface area contributed by atoms with E-state index in [1.54, 1.807) is 25.4 Å². The number of H-pyrrole nitrogens is 1. The third-order valence-corrected chi connectivity index (χ3v) is 4.51. The maximum Gasteiger partial charge on any atom is 0.294 e. The number of benzene rings is 2. The van der Waals surface area contributed by atoms with Gasteiger partial charge in [-0.2, -0.15) is 5.10 Å². The van der Waals surface area contributed by atoms with Crippen LogP contribution in [0.3, 0.4) is 0 Å². The normalized spacial score (nSPS) is 10.6. The second-order valence-electron chi connectivity index (χ2n) is 6.45. The lowest BCUT2D eigenvalue weighted by molar-refractivity contribution is -0.384. The standard InChI is InChI=1S/C20H17N7O4/c1-31-15-5-2-13(3-6-15)19-23-18(24-25-19)11-22-20(28)14-4-7-16(17(10-14)27(29)30)26-9-8-21-12-26/h2-10,12H,11H2,1H3,(H,22,28)(H,23,24,25). The summed E-state index contributed by atoms with van der Waals surface area (Å²) in [5.74, 6) is 1.18. The zero-order chi connectivity index (χ0) is 21.8. The summed E-state index contributed by atoms with van der Waals surface area (Å²) in [6, 6.07) is 11.5. The van der Waals surface area contributed by atoms with Gasteiger partial charge < -0.3 is 14.6 Å². The Morgan fingerprint density at radius 3 is 2.74 bits per heavy atom. The fourth-order valence-corrected chi connectivity index (χ4v) is 2.94. The highest BCUT2D eigenvalue weighted by atomic mass is 16.6. The lowest BCUT2D eigenvalue weighted by Crippen LogP contribution is -2.23. The van der Waals surface area contributed by atoms with E-state index in [1.165, 1.54) is 35.3 Å². The van der Waals surface area contributed by atoms with Gasteiger partial charge in [-0.3, -0.25) is 20.0 Å². The minimum absolute atomic E-state index is 0.0824. The lowest BCUT2D eigenvalue weighted by atomic mass is 10.1. The van der Waals surface area contributed by atoms with Crippen LogP contribution in [0.4, 0.5) is 5.69 Å². The second-order valence-corrected chi connectivity index (χ2v) is 6.45. The summed E-state index contributed by atoms with van der Waals surface area (Å²) in [4.78, 5) is 31.7. The summed E-state index contributed by atoms with van der Waals surface area (Å²) in [5.41, 5.74) is 1.07. The molecule has 0 aliphatic rings. The van der Waals surface area contributed by atoms with E-state index in [1.807, 2.05) is 12.1 Å². The number of nitrogens with one attached hydrogen (secondary N) is 2. The Hall–Kier alpha value is -4.54. The molecule has 0 aliphatic heterocycles. The third kappa shape index (κ3) is 4.24. The monoisotopic (exact) mass is 419 g/mol. The first-order valence-corrected chi connectivity index (χ1v) is 9.16. The minimum Gasteiger partial charge on any atom is -0.497 e. The zero-order valence-corrected chi connectivity index (χ0v) is 16.3. The van der Waals surface area contributed by atoms with Crippen LogP contribution in [0.1, 0.15) is 16.2 Å². The van der Waals surface area contributed by atoms with Gasteiger partial charge in [0.05, 0.1) is 24.9 Å². The number of rotatable bonds is 7. The summed E-state index contributed by atoms with van der Waals surface area (Å²) in [7, 11) is 1.59. The van der Waals surface area contributed by atoms with Crippen molar-refractivity contribution in [2.75, 3.05) is 7.11 Å². The number of ether oxygens (including phenoxy) is 1. The molecule has 2 heterocycles. The van der Waals surface area contributed by atoms with Gasteiger partial charge in [0, 0.05) is 29.6 Å². The van der Waals surface area contributed by atoms with Crippen molar-refractivity contribution in [1.82, 2.24) is 30.0 Å². The van der Waals surface area contributed by atoms with Crippen molar-refractivity contribution in [3.05, 3.63) is 82.7 Å². The molecule has 0 fully saturated rings. The van der Waals surface area contributed by atoms with Crippen LogP contribution < -0.4 is 10.1 Å². The number of methoxy groups -OCH3 is 1. The van der Waals surface area contributed by atoms with E-state index in [0.717, 1.165) is 11.3 Å². The van der Waals surface area contributed by atoms with Crippen molar-refractivity contribution in [1.29, 1.82) is 0 Å². The number of aromatic amines is 1. The average molecular weight is 419 g/mol. The predicted molar refractivity (Wildman–Crippen MR) is 110 cm³/mol. The molecule has 11 heteroatoms. The van der Waals surface area contributed by atoms with Gasteiger partial charge in [0.2, 0.25) is 0 Å². The van der Waals surface area contributed by atoms with Crippen LogP contribution in [0, 0.1) is 10.1 Å². The van der Waals surface area contributed by atoms with Crippen molar-refractivity contribution >= 4 is 11.6 Å². The Balaban J connectivity index is 1.46. The van der Waals surface area contributed by atoms with E-state index >= 15 is 0 Å². The maximum atomic E-state index is 12.5. The molecule has 4 aromatic rings. The molecule has 1 amide bonds. The summed E-state index contributed by atoms with van der Waals surface area (Å²) >= 11 is 0. The van der Waals surface area contributed by atoms with Crippen molar-refractivity contribution in [2.24, 2.45) is 0 Å². The molecular formula is C20H17N7O4. The van der Waals surface area contributed by atoms with Gasteiger partial charge in [0.25, 0.3) is 11.6 Å². The topological polar surface area (TPSA) is 141 Å². The second kappa shape index (κ2) is 8.45. The van der Waals surface area contributed by atoms with Gasteiger partial charge >= 0.3 is 0 Å². The molecule has 0 spiro atoms. The number of aromatic nitrogens is 5. The molecule has 0 saturated carbocycles. The van der Waals surface area contributed by atoms with Crippen LogP contribution >= 0.6 is 0 Å². The highest BCUT2D eigenvalue weighted by molar-refractivity contribution is 5.95. The van der Waals surface area contributed by atoms with E-state index in [4.69, 9.17) is 4.74 Å². The van der Waals surface area contributed by atoms with Crippen LogP contribution in [0.2, 0.25) is 0 Å². The Morgan fingerprint density at radius 1 is 1.26 bits per heavy atom. The number of carbonyl (C=O) groups is 1. The van der Waals surface area contributed by atoms with Crippen LogP contribution in [-0.4, -0.2) is 42.7 Å². The van der Waals surface area contributed by atoms with Gasteiger partial charge in [-0.1, -0.05) is 0 Å². The van der Waals surface area contributed by atoms with Crippen LogP contribution in [0.5, 0.6) is 5.75 Å². The summed E-state index contributed by atoms with van der Waals surface area (Å²) < 4.78 is 6.63. The Morgan fingerprint density at radius 2 is 2.06 bits per heavy atom. The lowest BCUT2D eigenvalue weighted by Gasteiger charge is -2.07. The molecule has 156 valence electrons. The first-order chi connectivity index (χ1) is 15.0. The quantitative estimate of drug-likeness (QED) is 0.346. The SMILES string of the molecule is COc1ccc(-c2n[nH]c(CNC(=O)c3ccc(-n4ccnc4)c([N+](=O)[O-])c3)n2)cc1. The Labute approximate surface area is 175 Å². The molecule has 4 rings (SSSR count). The predicted octanol–water partition coefficient (Wildman–Crippen LogP) is 2.50. The summed E-state index contributed by atoms with van der Waals surface area (Å²) in [5, 5.41) is 21.1. The van der Waals surface area contributed by atoms with Crippen molar-refractivity contribution in [3.63, 3.8) is 0 Å². The molecule has 0 unspecified atom stereocenters. The van der Waals surface area contributed by atoms with E-state index in [9.17, 15) is 14.9 Å². The highest BCUT2D eigenvalue weighted by Gasteiger charge is 2.19. The maximum absolute atomic E-state index is 12.5. The highest BCUT2D eigenvalue weighted by Crippen LogP contribution is 2.24. The molecule has 2 aromatic carbocycles. The van der Waals surface area contributed by atoms with Crippen molar-refractivity contribution in [3.8, 4) is 22.8 Å². The summed E-state index contributed by atoms with van der Waals surface area (Å²) in [6.07, 6.45) is 4.56. The minimum atomic E-state index is -0.538. The molecule has 0 atom stereocenters. The van der Waals surface area contributed by atoms with Gasteiger partial charge in [-0.25, -0.2) is 9.97 Å². The summed E-state index contributed by atoms with van der Waals surface area (Å²) in [6.45, 7) is 0.0824. The Kier molecular flexibility index (Phi) is 5.39. The molecule has 31 heavy (non-hydrogen) atoms. The number of nitro groups is 1. The van der Waals surface area contributed by atoms with Gasteiger partial charge in [0.1, 0.15) is 17.3 Å². The molecule has 0 bridgehead atoms. The molecular weight excluding hydrogens is 402 g/mol. The number of nitrogens with zero attached hydrogens (tertiary/aromatic N) is 5. The number of hydrogen-bond donors (Lipinski definition) is 2. The number of carbonyl (C=O) groups excluding carboxylic acids is 1. The number of imidazole rings is 1. The van der Waals surface area contributed by atoms with E-state index in [2.05, 4.69) is 25.5 Å². The largest absolute Gasteiger partial charge is 0.497 e. The Bertz CT molecular complexity index is 1220. The van der Waals surface area contributed by atoms with E-state index < -0.39 is 10.8 Å².